The lowest BCUT2D eigenvalue weighted by atomic mass is 10.0. The van der Waals surface area contributed by atoms with Crippen LogP contribution in [0.4, 0.5) is 0 Å². The number of amides is 1. The summed E-state index contributed by atoms with van der Waals surface area (Å²) in [5.41, 5.74) is 10.5. The Labute approximate surface area is 147 Å². The Balaban J connectivity index is 0.00000288. The predicted molar refractivity (Wildman–Crippen MR) is 85.7 cm³/mol. The maximum Gasteiger partial charge on any atom is 0.328 e. The summed E-state index contributed by atoms with van der Waals surface area (Å²) in [5.74, 6) is 0.183. The standard InChI is InChI=1S/C17H19N3O3.ClH/c1-3-22-15-11-14(20-18)16(23-4-2)10-13(15)19-17(21)12-8-6-5-7-9-12;/h5-11,16H,3-4H2,1-2H3,(H,19,21);1H/p-1. The van der Waals surface area contributed by atoms with Gasteiger partial charge >= 0.3 is 5.71 Å². The van der Waals surface area contributed by atoms with Gasteiger partial charge in [0.25, 0.3) is 5.91 Å². The zero-order chi connectivity index (χ0) is 16.7. The summed E-state index contributed by atoms with van der Waals surface area (Å²) in [6.45, 7) is 4.54. The summed E-state index contributed by atoms with van der Waals surface area (Å²) in [4.78, 5) is 15.6. The van der Waals surface area contributed by atoms with E-state index in [1.165, 1.54) is 0 Å². The van der Waals surface area contributed by atoms with Gasteiger partial charge < -0.3 is 32.7 Å². The molecular formula is C17H19ClN3O3-. The lowest BCUT2D eigenvalue weighted by molar-refractivity contribution is -0.0223. The molecule has 1 N–H and O–H groups in total. The van der Waals surface area contributed by atoms with Gasteiger partial charge in [0.05, 0.1) is 18.4 Å². The van der Waals surface area contributed by atoms with E-state index in [0.717, 1.165) is 0 Å². The van der Waals surface area contributed by atoms with Crippen molar-refractivity contribution in [3.05, 3.63) is 65.0 Å². The summed E-state index contributed by atoms with van der Waals surface area (Å²) >= 11 is 0. The van der Waals surface area contributed by atoms with Gasteiger partial charge in [-0.15, -0.1) is 0 Å². The van der Waals surface area contributed by atoms with Crippen LogP contribution >= 0.6 is 0 Å². The fourth-order valence-corrected chi connectivity index (χ4v) is 2.17. The molecule has 1 aromatic rings. The highest BCUT2D eigenvalue weighted by Crippen LogP contribution is 2.19. The first-order chi connectivity index (χ1) is 11.2. The van der Waals surface area contributed by atoms with E-state index >= 15 is 0 Å². The third-order valence-corrected chi connectivity index (χ3v) is 3.20. The van der Waals surface area contributed by atoms with Crippen molar-refractivity contribution < 1.29 is 31.5 Å². The predicted octanol–water partition coefficient (Wildman–Crippen LogP) is -0.686. The third-order valence-electron chi connectivity index (χ3n) is 3.20. The minimum Gasteiger partial charge on any atom is -1.00 e. The fourth-order valence-electron chi connectivity index (χ4n) is 2.17. The fraction of sp³-hybridized carbons (Fsp3) is 0.294. The highest BCUT2D eigenvalue weighted by atomic mass is 35.5. The van der Waals surface area contributed by atoms with Crippen LogP contribution < -0.4 is 17.7 Å². The molecule has 2 rings (SSSR count). The van der Waals surface area contributed by atoms with Gasteiger partial charge in [0, 0.05) is 12.2 Å². The topological polar surface area (TPSA) is 84.0 Å². The number of nitrogens with one attached hydrogen (secondary N) is 1. The zero-order valence-electron chi connectivity index (χ0n) is 13.5. The monoisotopic (exact) mass is 348 g/mol. The number of halogens is 1. The number of benzene rings is 1. The number of nitrogens with zero attached hydrogens (tertiary/aromatic N) is 2. The molecule has 1 aliphatic carbocycles. The lowest BCUT2D eigenvalue weighted by Crippen LogP contribution is -3.00. The van der Waals surface area contributed by atoms with Gasteiger partial charge in [-0.05, 0) is 32.1 Å². The van der Waals surface area contributed by atoms with E-state index in [4.69, 9.17) is 15.0 Å². The third kappa shape index (κ3) is 4.80. The van der Waals surface area contributed by atoms with E-state index < -0.39 is 6.10 Å². The molecule has 1 unspecified atom stereocenters. The lowest BCUT2D eigenvalue weighted by Gasteiger charge is -2.20. The molecule has 128 valence electrons. The van der Waals surface area contributed by atoms with Crippen LogP contribution in [-0.2, 0) is 9.47 Å². The van der Waals surface area contributed by atoms with Crippen molar-refractivity contribution in [1.82, 2.24) is 5.32 Å². The van der Waals surface area contributed by atoms with E-state index in [0.29, 0.717) is 35.9 Å². The number of hydrogen-bond acceptors (Lipinski definition) is 3. The van der Waals surface area contributed by atoms with Gasteiger partial charge in [0.15, 0.2) is 6.10 Å². The van der Waals surface area contributed by atoms with E-state index in [2.05, 4.69) is 10.1 Å². The largest absolute Gasteiger partial charge is 1.00 e. The smallest absolute Gasteiger partial charge is 0.328 e. The molecule has 0 saturated heterocycles. The minimum atomic E-state index is -0.541. The molecule has 1 aromatic carbocycles. The molecule has 0 heterocycles. The summed E-state index contributed by atoms with van der Waals surface area (Å²) < 4.78 is 11.0. The minimum absolute atomic E-state index is 0. The first-order valence-electron chi connectivity index (χ1n) is 7.46. The summed E-state index contributed by atoms with van der Waals surface area (Å²) in [6.07, 6.45) is 2.69. The van der Waals surface area contributed by atoms with E-state index in [1.807, 2.05) is 19.9 Å². The van der Waals surface area contributed by atoms with Crippen molar-refractivity contribution in [2.45, 2.75) is 20.0 Å². The molecule has 6 nitrogen and oxygen atoms in total. The number of carbonyl (C=O) groups is 1. The number of hydrogen-bond donors (Lipinski definition) is 1. The molecule has 0 aliphatic heterocycles. The van der Waals surface area contributed by atoms with Crippen molar-refractivity contribution in [3.63, 3.8) is 0 Å². The maximum absolute atomic E-state index is 12.3. The number of carbonyl (C=O) groups excluding carboxylic acids is 1. The molecule has 1 amide bonds. The highest BCUT2D eigenvalue weighted by molar-refractivity contribution is 6.00. The second kappa shape index (κ2) is 9.67. The van der Waals surface area contributed by atoms with Crippen molar-refractivity contribution in [2.75, 3.05) is 13.2 Å². The Morgan fingerprint density at radius 2 is 1.96 bits per heavy atom. The Morgan fingerprint density at radius 3 is 2.54 bits per heavy atom. The van der Waals surface area contributed by atoms with Crippen LogP contribution in [0.2, 0.25) is 0 Å². The van der Waals surface area contributed by atoms with E-state index in [-0.39, 0.29) is 18.3 Å². The maximum atomic E-state index is 12.3. The van der Waals surface area contributed by atoms with Crippen LogP contribution in [0.25, 0.3) is 5.53 Å². The number of ether oxygens (including phenoxy) is 2. The molecule has 1 aliphatic rings. The molecule has 7 heteroatoms. The molecule has 0 aromatic heterocycles. The average molecular weight is 349 g/mol. The van der Waals surface area contributed by atoms with Crippen LogP contribution in [0.1, 0.15) is 24.2 Å². The van der Waals surface area contributed by atoms with Crippen LogP contribution in [0.5, 0.6) is 0 Å². The summed E-state index contributed by atoms with van der Waals surface area (Å²) in [6, 6.07) is 8.89. The molecule has 0 spiro atoms. The Morgan fingerprint density at radius 1 is 1.25 bits per heavy atom. The van der Waals surface area contributed by atoms with Gasteiger partial charge in [-0.2, -0.15) is 4.79 Å². The summed E-state index contributed by atoms with van der Waals surface area (Å²) in [5, 5.41) is 2.82. The van der Waals surface area contributed by atoms with Crippen LogP contribution in [0, 0.1) is 0 Å². The zero-order valence-corrected chi connectivity index (χ0v) is 14.3. The molecule has 0 saturated carbocycles. The van der Waals surface area contributed by atoms with E-state index in [9.17, 15) is 4.79 Å². The summed E-state index contributed by atoms with van der Waals surface area (Å²) in [7, 11) is 0. The van der Waals surface area contributed by atoms with Crippen molar-refractivity contribution in [2.24, 2.45) is 0 Å². The molecule has 24 heavy (non-hydrogen) atoms. The molecule has 0 fully saturated rings. The first kappa shape index (κ1) is 19.6. The van der Waals surface area contributed by atoms with Crippen molar-refractivity contribution in [3.8, 4) is 0 Å². The second-order valence-electron chi connectivity index (χ2n) is 4.74. The average Bonchev–Trinajstić information content (AvgIpc) is 2.58. The Kier molecular flexibility index (Phi) is 7.92. The van der Waals surface area contributed by atoms with E-state index in [1.54, 1.807) is 36.4 Å². The van der Waals surface area contributed by atoms with Gasteiger partial charge in [0.2, 0.25) is 0 Å². The van der Waals surface area contributed by atoms with Crippen LogP contribution in [0.15, 0.2) is 53.9 Å². The van der Waals surface area contributed by atoms with Crippen molar-refractivity contribution in [1.29, 1.82) is 0 Å². The number of rotatable bonds is 6. The van der Waals surface area contributed by atoms with Crippen molar-refractivity contribution >= 4 is 11.6 Å². The SMILES string of the molecule is CCOC1=CC(=[N+]=[N-])C(OCC)C=C1NC(=O)c1ccccc1.[Cl-]. The van der Waals surface area contributed by atoms with Crippen LogP contribution in [-0.4, -0.2) is 35.7 Å². The Hall–Kier alpha value is -2.40. The highest BCUT2D eigenvalue weighted by Gasteiger charge is 2.29. The molecular weight excluding hydrogens is 330 g/mol. The molecule has 0 radical (unpaired) electrons. The Bertz CT molecular complexity index is 680. The normalized spacial score (nSPS) is 16.2. The molecule has 1 atom stereocenters. The van der Waals surface area contributed by atoms with Gasteiger partial charge in [-0.25, -0.2) is 0 Å². The first-order valence-corrected chi connectivity index (χ1v) is 7.46. The quantitative estimate of drug-likeness (QED) is 0.546. The second-order valence-corrected chi connectivity index (χ2v) is 4.74. The van der Waals surface area contributed by atoms with Gasteiger partial charge in [0.1, 0.15) is 5.76 Å². The molecule has 0 bridgehead atoms. The van der Waals surface area contributed by atoms with Gasteiger partial charge in [-0.3, -0.25) is 4.79 Å². The van der Waals surface area contributed by atoms with Crippen LogP contribution in [0.3, 0.4) is 0 Å². The van der Waals surface area contributed by atoms with Gasteiger partial charge in [-0.1, -0.05) is 18.2 Å².